The second-order valence-electron chi connectivity index (χ2n) is 7.13. The van der Waals surface area contributed by atoms with E-state index in [4.69, 9.17) is 9.73 Å². The molecular weight excluding hydrogens is 430 g/mol. The minimum atomic E-state index is -0.722. The Morgan fingerprint density at radius 2 is 2.06 bits per heavy atom. The van der Waals surface area contributed by atoms with Gasteiger partial charge in [-0.2, -0.15) is 0 Å². The van der Waals surface area contributed by atoms with Crippen LogP contribution < -0.4 is 16.0 Å². The number of nitrogens with one attached hydrogen (secondary N) is 1. The van der Waals surface area contributed by atoms with E-state index in [1.807, 2.05) is 24.3 Å². The summed E-state index contributed by atoms with van der Waals surface area (Å²) in [5.74, 6) is -0.0991. The summed E-state index contributed by atoms with van der Waals surface area (Å²) in [6, 6.07) is 12.6. The normalized spacial score (nSPS) is 15.4. The number of fused-ring (bicyclic) bond motifs is 1. The van der Waals surface area contributed by atoms with Crippen molar-refractivity contribution in [3.8, 4) is 17.4 Å². The van der Waals surface area contributed by atoms with Gasteiger partial charge < -0.3 is 14.9 Å². The fraction of sp³-hybridized carbons (Fsp3) is 0.174. The summed E-state index contributed by atoms with van der Waals surface area (Å²) in [4.78, 5) is 32.7. The van der Waals surface area contributed by atoms with Gasteiger partial charge in [0.15, 0.2) is 11.5 Å². The molecule has 1 aromatic heterocycles. The molecule has 3 N–H and O–H groups in total. The molecule has 2 heterocycles. The van der Waals surface area contributed by atoms with Gasteiger partial charge in [0.2, 0.25) is 5.88 Å². The number of phenolic OH excluding ortho intramolecular Hbond substituents is 1. The van der Waals surface area contributed by atoms with Crippen molar-refractivity contribution in [2.75, 3.05) is 7.11 Å². The molecule has 9 heteroatoms. The van der Waals surface area contributed by atoms with Crippen LogP contribution in [0.25, 0.3) is 0 Å². The monoisotopic (exact) mass is 451 g/mol. The smallest absolute Gasteiger partial charge is 0.331 e. The number of nitrogens with zero attached hydrogens (tertiary/aromatic N) is 2. The van der Waals surface area contributed by atoms with Crippen LogP contribution in [0.2, 0.25) is 0 Å². The lowest BCUT2D eigenvalue weighted by atomic mass is 10.0. The van der Waals surface area contributed by atoms with Crippen LogP contribution in [0.4, 0.5) is 5.69 Å². The number of ether oxygens (including phenoxy) is 1. The highest BCUT2D eigenvalue weighted by Gasteiger charge is 2.27. The molecular formula is C23H21N3O5S. The van der Waals surface area contributed by atoms with Crippen molar-refractivity contribution in [1.29, 1.82) is 0 Å². The highest BCUT2D eigenvalue weighted by Crippen LogP contribution is 2.46. The molecule has 0 aliphatic carbocycles. The van der Waals surface area contributed by atoms with Gasteiger partial charge >= 0.3 is 5.69 Å². The Labute approximate surface area is 187 Å². The van der Waals surface area contributed by atoms with Crippen molar-refractivity contribution >= 4 is 23.2 Å². The summed E-state index contributed by atoms with van der Waals surface area (Å²) >= 11 is 1.55. The number of aromatic amines is 1. The maximum atomic E-state index is 12.7. The average molecular weight is 452 g/mol. The highest BCUT2D eigenvalue weighted by atomic mass is 32.2. The molecule has 1 aliphatic rings. The molecule has 0 saturated carbocycles. The first-order valence-electron chi connectivity index (χ1n) is 9.80. The predicted octanol–water partition coefficient (Wildman–Crippen LogP) is 3.50. The first-order chi connectivity index (χ1) is 15.4. The van der Waals surface area contributed by atoms with E-state index in [0.717, 1.165) is 15.0 Å². The summed E-state index contributed by atoms with van der Waals surface area (Å²) in [5, 5.41) is 20.6. The number of hydrogen-bond acceptors (Lipinski definition) is 7. The standard InChI is InChI=1S/C23H21N3O5S/c1-3-10-26-22(29)20(21(28)25-23(26)30)15-12-19(13-8-9-16(27)17(11-13)31-2)32-18-7-5-4-6-14(18)24-15/h3-9,11,19,27,29H,1,10,12H2,2H3,(H,25,28,30). The first-order valence-corrected chi connectivity index (χ1v) is 10.7. The van der Waals surface area contributed by atoms with Crippen LogP contribution >= 0.6 is 11.8 Å². The largest absolute Gasteiger partial charge is 0.504 e. The van der Waals surface area contributed by atoms with Gasteiger partial charge in [0.05, 0.1) is 18.5 Å². The Kier molecular flexibility index (Phi) is 5.91. The summed E-state index contributed by atoms with van der Waals surface area (Å²) in [6.07, 6.45) is 1.74. The fourth-order valence-corrected chi connectivity index (χ4v) is 4.79. The predicted molar refractivity (Wildman–Crippen MR) is 124 cm³/mol. The summed E-state index contributed by atoms with van der Waals surface area (Å²) in [6.45, 7) is 3.63. The zero-order valence-electron chi connectivity index (χ0n) is 17.2. The van der Waals surface area contributed by atoms with Crippen LogP contribution in [0.15, 0.2) is 74.6 Å². The zero-order valence-corrected chi connectivity index (χ0v) is 18.1. The maximum absolute atomic E-state index is 12.7. The van der Waals surface area contributed by atoms with E-state index in [9.17, 15) is 19.8 Å². The average Bonchev–Trinajstić information content (AvgIpc) is 2.96. The third kappa shape index (κ3) is 3.94. The Hall–Kier alpha value is -3.72. The lowest BCUT2D eigenvalue weighted by Gasteiger charge is -2.18. The van der Waals surface area contributed by atoms with Crippen LogP contribution in [-0.4, -0.2) is 32.6 Å². The number of aromatic nitrogens is 2. The zero-order chi connectivity index (χ0) is 22.8. The van der Waals surface area contributed by atoms with E-state index in [2.05, 4.69) is 11.6 Å². The molecule has 8 nitrogen and oxygen atoms in total. The van der Waals surface area contributed by atoms with Gasteiger partial charge in [-0.25, -0.2) is 4.79 Å². The number of rotatable bonds is 5. The number of aromatic hydroxyl groups is 2. The van der Waals surface area contributed by atoms with Gasteiger partial charge in [-0.1, -0.05) is 24.3 Å². The molecule has 0 radical (unpaired) electrons. The highest BCUT2D eigenvalue weighted by molar-refractivity contribution is 7.99. The Bertz CT molecular complexity index is 1340. The second-order valence-corrected chi connectivity index (χ2v) is 8.37. The van der Waals surface area contributed by atoms with Gasteiger partial charge in [0, 0.05) is 23.1 Å². The number of para-hydroxylation sites is 1. The van der Waals surface area contributed by atoms with Crippen LogP contribution in [0.1, 0.15) is 22.8 Å². The number of benzene rings is 2. The molecule has 32 heavy (non-hydrogen) atoms. The molecule has 0 saturated heterocycles. The van der Waals surface area contributed by atoms with Crippen molar-refractivity contribution in [2.24, 2.45) is 4.99 Å². The molecule has 1 atom stereocenters. The van der Waals surface area contributed by atoms with E-state index >= 15 is 0 Å². The van der Waals surface area contributed by atoms with E-state index in [-0.39, 0.29) is 29.5 Å². The van der Waals surface area contributed by atoms with E-state index < -0.39 is 17.1 Å². The van der Waals surface area contributed by atoms with E-state index in [0.29, 0.717) is 17.1 Å². The molecule has 0 spiro atoms. The van der Waals surface area contributed by atoms with E-state index in [1.165, 1.54) is 13.2 Å². The number of methoxy groups -OCH3 is 1. The number of allylic oxidation sites excluding steroid dienone is 1. The Balaban J connectivity index is 1.90. The second kappa shape index (κ2) is 8.80. The first kappa shape index (κ1) is 21.5. The topological polar surface area (TPSA) is 117 Å². The van der Waals surface area contributed by atoms with Gasteiger partial charge in [-0.3, -0.25) is 19.3 Å². The maximum Gasteiger partial charge on any atom is 0.331 e. The summed E-state index contributed by atoms with van der Waals surface area (Å²) < 4.78 is 6.29. The van der Waals surface area contributed by atoms with Crippen LogP contribution in [0.3, 0.4) is 0 Å². The van der Waals surface area contributed by atoms with Crippen LogP contribution in [0.5, 0.6) is 17.4 Å². The molecule has 1 unspecified atom stereocenters. The molecule has 2 aromatic carbocycles. The van der Waals surface area contributed by atoms with Crippen LogP contribution in [-0.2, 0) is 6.54 Å². The molecule has 0 amide bonds. The van der Waals surface area contributed by atoms with Crippen molar-refractivity contribution in [3.05, 3.63) is 87.1 Å². The third-order valence-corrected chi connectivity index (χ3v) is 6.44. The van der Waals surface area contributed by atoms with Crippen LogP contribution in [0, 0.1) is 0 Å². The number of thioether (sulfide) groups is 1. The Morgan fingerprint density at radius 3 is 2.81 bits per heavy atom. The van der Waals surface area contributed by atoms with Crippen molar-refractivity contribution in [3.63, 3.8) is 0 Å². The fourth-order valence-electron chi connectivity index (χ4n) is 3.57. The van der Waals surface area contributed by atoms with Gasteiger partial charge in [0.25, 0.3) is 5.56 Å². The lowest BCUT2D eigenvalue weighted by Crippen LogP contribution is -2.34. The summed E-state index contributed by atoms with van der Waals surface area (Å²) in [5.41, 5.74) is 0.360. The number of aliphatic imine (C=N–C) groups is 1. The van der Waals surface area contributed by atoms with E-state index in [1.54, 1.807) is 30.0 Å². The van der Waals surface area contributed by atoms with Gasteiger partial charge in [-0.15, -0.1) is 18.3 Å². The molecule has 0 bridgehead atoms. The molecule has 0 fully saturated rings. The van der Waals surface area contributed by atoms with Gasteiger partial charge in [0.1, 0.15) is 5.56 Å². The van der Waals surface area contributed by atoms with Crippen molar-refractivity contribution in [2.45, 2.75) is 23.1 Å². The van der Waals surface area contributed by atoms with Crippen molar-refractivity contribution in [1.82, 2.24) is 9.55 Å². The minimum absolute atomic E-state index is 0.0229. The molecule has 1 aliphatic heterocycles. The third-order valence-electron chi connectivity index (χ3n) is 5.12. The van der Waals surface area contributed by atoms with Gasteiger partial charge in [-0.05, 0) is 29.8 Å². The number of H-pyrrole nitrogens is 1. The molecule has 3 aromatic rings. The lowest BCUT2D eigenvalue weighted by molar-refractivity contribution is 0.373. The van der Waals surface area contributed by atoms with Crippen molar-refractivity contribution < 1.29 is 14.9 Å². The SMILES string of the molecule is C=CCn1c(O)c(C2=Nc3ccccc3SC(c3ccc(O)c(OC)c3)C2)c(=O)[nH]c1=O. The minimum Gasteiger partial charge on any atom is -0.504 e. The number of phenols is 1. The Morgan fingerprint density at radius 1 is 1.28 bits per heavy atom. The molecule has 164 valence electrons. The quantitative estimate of drug-likeness (QED) is 0.511. The summed E-state index contributed by atoms with van der Waals surface area (Å²) in [7, 11) is 1.47. The number of hydrogen-bond donors (Lipinski definition) is 3. The molecule has 4 rings (SSSR count).